The van der Waals surface area contributed by atoms with E-state index in [4.69, 9.17) is 5.11 Å². The number of pyridine rings is 1. The lowest BCUT2D eigenvalue weighted by Crippen LogP contribution is -2.05. The minimum atomic E-state index is -0.951. The largest absolute Gasteiger partial charge is 0.481 e. The second-order valence-corrected chi connectivity index (χ2v) is 2.64. The van der Waals surface area contributed by atoms with Gasteiger partial charge in [0.15, 0.2) is 5.78 Å². The molecule has 0 atom stereocenters. The smallest absolute Gasteiger partial charge is 0.309 e. The summed E-state index contributed by atoms with van der Waals surface area (Å²) in [6.45, 7) is 1.40. The number of hydrogen-bond donors (Lipinski definition) is 1. The molecule has 1 aromatic heterocycles. The van der Waals surface area contributed by atoms with Crippen LogP contribution in [-0.2, 0) is 11.2 Å². The Balaban J connectivity index is 2.91. The molecule has 1 heterocycles. The molecular formula is C9H9NO3. The third-order valence-corrected chi connectivity index (χ3v) is 1.50. The van der Waals surface area contributed by atoms with Crippen molar-refractivity contribution in [2.75, 3.05) is 0 Å². The van der Waals surface area contributed by atoms with Gasteiger partial charge in [-0.05, 0) is 12.1 Å². The third kappa shape index (κ3) is 2.66. The van der Waals surface area contributed by atoms with Crippen LogP contribution in [0.2, 0.25) is 0 Å². The van der Waals surface area contributed by atoms with Gasteiger partial charge in [0.1, 0.15) is 5.69 Å². The molecule has 0 radical (unpaired) electrons. The molecule has 0 saturated heterocycles. The lowest BCUT2D eigenvalue weighted by molar-refractivity contribution is -0.136. The van der Waals surface area contributed by atoms with E-state index in [1.807, 2.05) is 0 Å². The van der Waals surface area contributed by atoms with Crippen molar-refractivity contribution in [3.63, 3.8) is 0 Å². The zero-order chi connectivity index (χ0) is 9.84. The first-order valence-electron chi connectivity index (χ1n) is 3.78. The van der Waals surface area contributed by atoms with Crippen LogP contribution in [0, 0.1) is 0 Å². The zero-order valence-electron chi connectivity index (χ0n) is 7.15. The molecule has 0 fully saturated rings. The predicted molar refractivity (Wildman–Crippen MR) is 45.6 cm³/mol. The van der Waals surface area contributed by atoms with E-state index in [-0.39, 0.29) is 12.2 Å². The molecule has 1 rings (SSSR count). The summed E-state index contributed by atoms with van der Waals surface area (Å²) in [5.41, 5.74) is 0.707. The van der Waals surface area contributed by atoms with Gasteiger partial charge in [-0.15, -0.1) is 0 Å². The molecule has 4 nitrogen and oxygen atoms in total. The molecule has 0 unspecified atom stereocenters. The fraction of sp³-hybridized carbons (Fsp3) is 0.222. The van der Waals surface area contributed by atoms with Crippen LogP contribution in [0.15, 0.2) is 18.2 Å². The average molecular weight is 179 g/mol. The van der Waals surface area contributed by atoms with Gasteiger partial charge in [0, 0.05) is 6.92 Å². The Morgan fingerprint density at radius 1 is 1.46 bits per heavy atom. The number of rotatable bonds is 3. The summed E-state index contributed by atoms with van der Waals surface area (Å²) in [4.78, 5) is 25.1. The molecule has 13 heavy (non-hydrogen) atoms. The molecule has 0 saturated carbocycles. The maximum absolute atomic E-state index is 10.9. The molecule has 0 spiro atoms. The number of carbonyl (C=O) groups is 2. The Bertz CT molecular complexity index is 346. The molecule has 0 bridgehead atoms. The number of Topliss-reactive ketones (excluding diaryl/α,β-unsaturated/α-hetero) is 1. The monoisotopic (exact) mass is 179 g/mol. The molecule has 68 valence electrons. The minimum absolute atomic E-state index is 0.152. The fourth-order valence-corrected chi connectivity index (χ4v) is 0.929. The number of carboxylic acids is 1. The highest BCUT2D eigenvalue weighted by Gasteiger charge is 2.04. The van der Waals surface area contributed by atoms with Gasteiger partial charge in [-0.1, -0.05) is 6.07 Å². The van der Waals surface area contributed by atoms with E-state index < -0.39 is 5.97 Å². The van der Waals surface area contributed by atoms with Gasteiger partial charge >= 0.3 is 5.97 Å². The Hall–Kier alpha value is -1.71. The number of aromatic nitrogens is 1. The van der Waals surface area contributed by atoms with Gasteiger partial charge in [0.25, 0.3) is 0 Å². The summed E-state index contributed by atoms with van der Waals surface area (Å²) in [7, 11) is 0. The topological polar surface area (TPSA) is 67.3 Å². The maximum atomic E-state index is 10.9. The van der Waals surface area contributed by atoms with Gasteiger partial charge in [0.2, 0.25) is 0 Å². The average Bonchev–Trinajstić information content (AvgIpc) is 2.03. The first-order chi connectivity index (χ1) is 6.09. The number of hydrogen-bond acceptors (Lipinski definition) is 3. The van der Waals surface area contributed by atoms with Crippen molar-refractivity contribution in [3.8, 4) is 0 Å². The van der Waals surface area contributed by atoms with Gasteiger partial charge < -0.3 is 5.11 Å². The first kappa shape index (κ1) is 9.38. The van der Waals surface area contributed by atoms with Crippen molar-refractivity contribution in [2.45, 2.75) is 13.3 Å². The van der Waals surface area contributed by atoms with Gasteiger partial charge in [-0.2, -0.15) is 0 Å². The van der Waals surface area contributed by atoms with Crippen LogP contribution in [0.3, 0.4) is 0 Å². The Kier molecular flexibility index (Phi) is 2.74. The Morgan fingerprint density at radius 2 is 2.15 bits per heavy atom. The Labute approximate surface area is 75.2 Å². The number of nitrogens with zero attached hydrogens (tertiary/aromatic N) is 1. The highest BCUT2D eigenvalue weighted by Crippen LogP contribution is 2.01. The molecule has 4 heteroatoms. The summed E-state index contributed by atoms with van der Waals surface area (Å²) in [6, 6.07) is 4.77. The van der Waals surface area contributed by atoms with Gasteiger partial charge in [-0.3, -0.25) is 9.59 Å². The van der Waals surface area contributed by atoms with Crippen molar-refractivity contribution >= 4 is 11.8 Å². The van der Waals surface area contributed by atoms with E-state index in [0.717, 1.165) is 0 Å². The zero-order valence-corrected chi connectivity index (χ0v) is 7.15. The lowest BCUT2D eigenvalue weighted by atomic mass is 10.2. The van der Waals surface area contributed by atoms with E-state index in [9.17, 15) is 9.59 Å². The number of carbonyl (C=O) groups excluding carboxylic acids is 1. The number of ketones is 1. The molecular weight excluding hydrogens is 170 g/mol. The van der Waals surface area contributed by atoms with Crippen LogP contribution >= 0.6 is 0 Å². The van der Waals surface area contributed by atoms with Crippen LogP contribution in [0.5, 0.6) is 0 Å². The van der Waals surface area contributed by atoms with Crippen LogP contribution in [0.4, 0.5) is 0 Å². The van der Waals surface area contributed by atoms with Gasteiger partial charge in [0.05, 0.1) is 12.1 Å². The van der Waals surface area contributed by atoms with E-state index in [1.165, 1.54) is 6.92 Å². The fourth-order valence-electron chi connectivity index (χ4n) is 0.929. The normalized spacial score (nSPS) is 9.62. The predicted octanol–water partition coefficient (Wildman–Crippen LogP) is 0.911. The van der Waals surface area contributed by atoms with E-state index >= 15 is 0 Å². The van der Waals surface area contributed by atoms with Crippen molar-refractivity contribution < 1.29 is 14.7 Å². The minimum Gasteiger partial charge on any atom is -0.481 e. The summed E-state index contributed by atoms with van der Waals surface area (Å²) in [5.74, 6) is -1.11. The van der Waals surface area contributed by atoms with Gasteiger partial charge in [-0.25, -0.2) is 4.98 Å². The van der Waals surface area contributed by atoms with Crippen molar-refractivity contribution in [2.24, 2.45) is 0 Å². The standard InChI is InChI=1S/C9H9NO3/c1-6(11)8-4-2-3-7(10-8)5-9(12)13/h2-4H,5H2,1H3,(H,12,13). The highest BCUT2D eigenvalue weighted by atomic mass is 16.4. The van der Waals surface area contributed by atoms with E-state index in [1.54, 1.807) is 18.2 Å². The summed E-state index contributed by atoms with van der Waals surface area (Å²) in [5, 5.41) is 8.47. The molecule has 0 aliphatic carbocycles. The van der Waals surface area contributed by atoms with Crippen LogP contribution in [0.25, 0.3) is 0 Å². The number of aliphatic carboxylic acids is 1. The van der Waals surface area contributed by atoms with Crippen LogP contribution in [-0.4, -0.2) is 21.8 Å². The molecule has 0 aliphatic rings. The van der Waals surface area contributed by atoms with E-state index in [0.29, 0.717) is 11.4 Å². The van der Waals surface area contributed by atoms with Crippen molar-refractivity contribution in [1.82, 2.24) is 4.98 Å². The molecule has 0 aliphatic heterocycles. The van der Waals surface area contributed by atoms with E-state index in [2.05, 4.69) is 4.98 Å². The third-order valence-electron chi connectivity index (χ3n) is 1.50. The summed E-state index contributed by atoms with van der Waals surface area (Å²) in [6.07, 6.45) is -0.152. The quantitative estimate of drug-likeness (QED) is 0.700. The lowest BCUT2D eigenvalue weighted by Gasteiger charge is -1.98. The second-order valence-electron chi connectivity index (χ2n) is 2.64. The SMILES string of the molecule is CC(=O)c1cccc(CC(=O)O)n1. The molecule has 1 aromatic rings. The van der Waals surface area contributed by atoms with Crippen molar-refractivity contribution in [1.29, 1.82) is 0 Å². The Morgan fingerprint density at radius 3 is 2.69 bits per heavy atom. The van der Waals surface area contributed by atoms with Crippen LogP contribution < -0.4 is 0 Å². The summed E-state index contributed by atoms with van der Waals surface area (Å²) < 4.78 is 0. The molecule has 0 aromatic carbocycles. The highest BCUT2D eigenvalue weighted by molar-refractivity contribution is 5.92. The second kappa shape index (κ2) is 3.80. The molecule has 0 amide bonds. The van der Waals surface area contributed by atoms with Crippen LogP contribution in [0.1, 0.15) is 23.1 Å². The van der Waals surface area contributed by atoms with Crippen molar-refractivity contribution in [3.05, 3.63) is 29.6 Å². The summed E-state index contributed by atoms with van der Waals surface area (Å²) >= 11 is 0. The first-order valence-corrected chi connectivity index (χ1v) is 3.78. The molecule has 1 N–H and O–H groups in total. The maximum Gasteiger partial charge on any atom is 0.309 e. The number of carboxylic acid groups (broad SMARTS) is 1.